The Morgan fingerprint density at radius 1 is 1.43 bits per heavy atom. The summed E-state index contributed by atoms with van der Waals surface area (Å²) >= 11 is 7.74. The number of guanidine groups is 1. The van der Waals surface area contributed by atoms with Crippen molar-refractivity contribution in [3.05, 3.63) is 44.9 Å². The summed E-state index contributed by atoms with van der Waals surface area (Å²) in [7, 11) is 5.32. The fourth-order valence-corrected chi connectivity index (χ4v) is 3.73. The van der Waals surface area contributed by atoms with Crippen molar-refractivity contribution in [3.8, 4) is 0 Å². The maximum absolute atomic E-state index is 12.2. The van der Waals surface area contributed by atoms with Crippen LogP contribution in [0.25, 0.3) is 0 Å². The van der Waals surface area contributed by atoms with E-state index in [1.54, 1.807) is 25.5 Å². The van der Waals surface area contributed by atoms with Gasteiger partial charge >= 0.3 is 0 Å². The number of nitrogens with one attached hydrogen (secondary N) is 2. The van der Waals surface area contributed by atoms with Crippen LogP contribution in [0.2, 0.25) is 5.02 Å². The monoisotopic (exact) mass is 565 g/mol. The zero-order valence-corrected chi connectivity index (χ0v) is 21.8. The summed E-state index contributed by atoms with van der Waals surface area (Å²) in [4.78, 5) is 23.0. The van der Waals surface area contributed by atoms with E-state index in [0.717, 1.165) is 16.3 Å². The maximum Gasteiger partial charge on any atom is 0.226 e. The zero-order valence-electron chi connectivity index (χ0n) is 17.9. The molecule has 0 spiro atoms. The third-order valence-electron chi connectivity index (χ3n) is 4.28. The second-order valence-electron chi connectivity index (χ2n) is 6.67. The summed E-state index contributed by atoms with van der Waals surface area (Å²) in [6.07, 6.45) is 0.278. The molecule has 0 saturated heterocycles. The molecule has 0 aliphatic heterocycles. The fourth-order valence-electron chi connectivity index (χ4n) is 2.61. The van der Waals surface area contributed by atoms with Crippen LogP contribution in [0.15, 0.2) is 28.6 Å². The van der Waals surface area contributed by atoms with E-state index >= 15 is 0 Å². The number of ether oxygens (including phenoxy) is 1. The van der Waals surface area contributed by atoms with Gasteiger partial charge in [0.1, 0.15) is 11.1 Å². The first kappa shape index (κ1) is 26.6. The lowest BCUT2D eigenvalue weighted by Crippen LogP contribution is -2.39. The van der Waals surface area contributed by atoms with Crippen LogP contribution in [0.5, 0.6) is 0 Å². The van der Waals surface area contributed by atoms with Crippen molar-refractivity contribution in [2.75, 3.05) is 33.1 Å². The Bertz CT molecular complexity index is 861. The van der Waals surface area contributed by atoms with Gasteiger partial charge in [0.2, 0.25) is 5.91 Å². The third-order valence-corrected chi connectivity index (χ3v) is 5.64. The van der Waals surface area contributed by atoms with Crippen molar-refractivity contribution in [3.63, 3.8) is 0 Å². The molecule has 1 aromatic heterocycles. The zero-order chi connectivity index (χ0) is 21.4. The molecular formula is C20H29ClIN5O2S. The lowest BCUT2D eigenvalue weighted by molar-refractivity contribution is -0.116. The number of nitrogens with zero attached hydrogens (tertiary/aromatic N) is 3. The highest BCUT2D eigenvalue weighted by molar-refractivity contribution is 14.0. The number of aromatic nitrogens is 1. The SMILES string of the molecule is CN=C(NCCC(=O)Nc1ccc(C)cc1Cl)N(C)Cc1csc(C(C)OC)n1.I. The van der Waals surface area contributed by atoms with Gasteiger partial charge in [0.15, 0.2) is 5.96 Å². The molecule has 0 radical (unpaired) electrons. The predicted octanol–water partition coefficient (Wildman–Crippen LogP) is 4.47. The predicted molar refractivity (Wildman–Crippen MR) is 135 cm³/mol. The number of benzene rings is 1. The van der Waals surface area contributed by atoms with E-state index in [9.17, 15) is 4.79 Å². The summed E-state index contributed by atoms with van der Waals surface area (Å²) in [6, 6.07) is 5.54. The number of hydrogen-bond acceptors (Lipinski definition) is 5. The average Bonchev–Trinajstić information content (AvgIpc) is 3.15. The van der Waals surface area contributed by atoms with Gasteiger partial charge in [-0.15, -0.1) is 35.3 Å². The minimum atomic E-state index is -0.112. The van der Waals surface area contributed by atoms with Crippen LogP contribution in [0.1, 0.15) is 35.7 Å². The van der Waals surface area contributed by atoms with Gasteiger partial charge in [0, 0.05) is 39.6 Å². The number of carbonyl (C=O) groups excluding carboxylic acids is 1. The molecule has 0 bridgehead atoms. The molecule has 2 N–H and O–H groups in total. The van der Waals surface area contributed by atoms with Crippen molar-refractivity contribution in [2.45, 2.75) is 32.9 Å². The Kier molecular flexibility index (Phi) is 11.6. The van der Waals surface area contributed by atoms with Crippen molar-refractivity contribution in [1.82, 2.24) is 15.2 Å². The molecule has 1 atom stereocenters. The minimum absolute atomic E-state index is 0. The first-order valence-electron chi connectivity index (χ1n) is 9.29. The Balaban J connectivity index is 0.00000450. The average molecular weight is 566 g/mol. The van der Waals surface area contributed by atoms with Crippen molar-refractivity contribution < 1.29 is 9.53 Å². The van der Waals surface area contributed by atoms with Crippen molar-refractivity contribution in [2.24, 2.45) is 4.99 Å². The van der Waals surface area contributed by atoms with Crippen LogP contribution in [-0.4, -0.2) is 49.5 Å². The van der Waals surface area contributed by atoms with Gasteiger partial charge in [-0.1, -0.05) is 17.7 Å². The van der Waals surface area contributed by atoms with Crippen LogP contribution in [0.3, 0.4) is 0 Å². The van der Waals surface area contributed by atoms with E-state index in [1.807, 2.05) is 49.4 Å². The number of amides is 1. The highest BCUT2D eigenvalue weighted by Crippen LogP contribution is 2.23. The molecule has 0 aliphatic rings. The highest BCUT2D eigenvalue weighted by atomic mass is 127. The van der Waals surface area contributed by atoms with Crippen LogP contribution in [-0.2, 0) is 16.1 Å². The van der Waals surface area contributed by atoms with Crippen molar-refractivity contribution in [1.29, 1.82) is 0 Å². The Morgan fingerprint density at radius 3 is 2.80 bits per heavy atom. The van der Waals surface area contributed by atoms with Crippen LogP contribution < -0.4 is 10.6 Å². The molecule has 0 fully saturated rings. The number of aliphatic imine (C=N–C) groups is 1. The molecule has 0 saturated carbocycles. The van der Waals surface area contributed by atoms with E-state index in [2.05, 4.69) is 20.6 Å². The molecule has 2 aromatic rings. The van der Waals surface area contributed by atoms with E-state index in [-0.39, 0.29) is 36.0 Å². The maximum atomic E-state index is 12.2. The molecule has 0 aliphatic carbocycles. The highest BCUT2D eigenvalue weighted by Gasteiger charge is 2.13. The van der Waals surface area contributed by atoms with Gasteiger partial charge in [-0.3, -0.25) is 9.79 Å². The van der Waals surface area contributed by atoms with Gasteiger partial charge in [0.25, 0.3) is 0 Å². The normalized spacial score (nSPS) is 12.1. The third kappa shape index (κ3) is 8.01. The summed E-state index contributed by atoms with van der Waals surface area (Å²) in [6.45, 7) is 4.99. The number of halogens is 2. The summed E-state index contributed by atoms with van der Waals surface area (Å²) in [5.74, 6) is 0.583. The Hall–Kier alpha value is -1.43. The first-order chi connectivity index (χ1) is 13.8. The second-order valence-corrected chi connectivity index (χ2v) is 7.96. The van der Waals surface area contributed by atoms with Gasteiger partial charge in [-0.2, -0.15) is 0 Å². The standard InChI is InChI=1S/C20H28ClN5O2S.HI/c1-13-6-7-17(16(21)10-13)25-18(27)8-9-23-20(22-3)26(4)11-15-12-29-19(24-15)14(2)28-5;/h6-7,10,12,14H,8-9,11H2,1-5H3,(H,22,23)(H,25,27);1H. The number of aryl methyl sites for hydroxylation is 1. The van der Waals surface area contributed by atoms with Gasteiger partial charge < -0.3 is 20.3 Å². The summed E-state index contributed by atoms with van der Waals surface area (Å²) < 4.78 is 5.31. The molecule has 10 heteroatoms. The van der Waals surface area contributed by atoms with E-state index in [1.165, 1.54) is 0 Å². The number of carbonyl (C=O) groups is 1. The van der Waals surface area contributed by atoms with E-state index in [0.29, 0.717) is 36.2 Å². The van der Waals surface area contributed by atoms with Gasteiger partial charge in [0.05, 0.1) is 22.9 Å². The number of anilines is 1. The largest absolute Gasteiger partial charge is 0.375 e. The first-order valence-corrected chi connectivity index (χ1v) is 10.5. The van der Waals surface area contributed by atoms with Crippen LogP contribution in [0.4, 0.5) is 5.69 Å². The van der Waals surface area contributed by atoms with E-state index < -0.39 is 0 Å². The van der Waals surface area contributed by atoms with Crippen LogP contribution in [0, 0.1) is 6.92 Å². The molecule has 7 nitrogen and oxygen atoms in total. The van der Waals surface area contributed by atoms with Gasteiger partial charge in [-0.05, 0) is 31.5 Å². The fraction of sp³-hybridized carbons (Fsp3) is 0.450. The number of hydrogen-bond donors (Lipinski definition) is 2. The van der Waals surface area contributed by atoms with Crippen LogP contribution >= 0.6 is 46.9 Å². The minimum Gasteiger partial charge on any atom is -0.375 e. The van der Waals surface area contributed by atoms with Crippen molar-refractivity contribution >= 4 is 64.5 Å². The smallest absolute Gasteiger partial charge is 0.226 e. The lowest BCUT2D eigenvalue weighted by atomic mass is 10.2. The summed E-state index contributed by atoms with van der Waals surface area (Å²) in [5.41, 5.74) is 2.62. The van der Waals surface area contributed by atoms with E-state index in [4.69, 9.17) is 16.3 Å². The lowest BCUT2D eigenvalue weighted by Gasteiger charge is -2.21. The molecule has 166 valence electrons. The molecule has 1 heterocycles. The molecular weight excluding hydrogens is 537 g/mol. The van der Waals surface area contributed by atoms with Gasteiger partial charge in [-0.25, -0.2) is 4.98 Å². The topological polar surface area (TPSA) is 78.9 Å². The molecule has 1 amide bonds. The number of rotatable bonds is 8. The number of thiazole rings is 1. The second kappa shape index (κ2) is 13.1. The molecule has 30 heavy (non-hydrogen) atoms. The molecule has 1 aromatic carbocycles. The number of methoxy groups -OCH3 is 1. The Labute approximate surface area is 204 Å². The molecule has 2 rings (SSSR count). The quantitative estimate of drug-likeness (QED) is 0.281. The molecule has 1 unspecified atom stereocenters. The Morgan fingerprint density at radius 2 is 2.17 bits per heavy atom. The summed E-state index contributed by atoms with van der Waals surface area (Å²) in [5, 5.41) is 9.54.